The summed E-state index contributed by atoms with van der Waals surface area (Å²) in [6.45, 7) is 1.58. The zero-order valence-corrected chi connectivity index (χ0v) is 15.5. The molecule has 0 saturated carbocycles. The lowest BCUT2D eigenvalue weighted by atomic mass is 10.2. The van der Waals surface area contributed by atoms with Crippen molar-refractivity contribution in [3.8, 4) is 11.4 Å². The van der Waals surface area contributed by atoms with Gasteiger partial charge in [-0.05, 0) is 48.9 Å². The van der Waals surface area contributed by atoms with Crippen LogP contribution in [0.3, 0.4) is 0 Å². The maximum absolute atomic E-state index is 11.6. The Morgan fingerprint density at radius 1 is 1.12 bits per heavy atom. The Kier molecular flexibility index (Phi) is 5.39. The van der Waals surface area contributed by atoms with Gasteiger partial charge in [0.1, 0.15) is 0 Å². The van der Waals surface area contributed by atoms with Crippen LogP contribution in [0.4, 0.5) is 5.69 Å². The van der Waals surface area contributed by atoms with E-state index in [4.69, 9.17) is 16.1 Å². The Balaban J connectivity index is 1.74. The molecule has 1 heterocycles. The monoisotopic (exact) mass is 389 g/mol. The molecular formula is C18H16ClN3O3S. The van der Waals surface area contributed by atoms with Gasteiger partial charge in [-0.2, -0.15) is 4.98 Å². The van der Waals surface area contributed by atoms with Gasteiger partial charge in [0.05, 0.1) is 5.75 Å². The molecule has 0 aliphatic heterocycles. The number of anilines is 1. The quantitative estimate of drug-likeness (QED) is 0.678. The predicted molar refractivity (Wildman–Crippen MR) is 103 cm³/mol. The molecule has 26 heavy (non-hydrogen) atoms. The average molecular weight is 390 g/mol. The number of hydrogen-bond donors (Lipinski definition) is 1. The molecule has 8 heteroatoms. The van der Waals surface area contributed by atoms with Crippen LogP contribution >= 0.6 is 11.6 Å². The highest BCUT2D eigenvalue weighted by Gasteiger charge is 2.09. The standard InChI is InChI=1S/C18H16ClN3O3S/c1-2-26(23,24)22-15-10-7-14(8-11-15)18-20-17(25-21-18)12-9-13-5-3-4-6-16(13)19/h3-12,22H,2H2,1H3. The summed E-state index contributed by atoms with van der Waals surface area (Å²) in [6, 6.07) is 14.2. The van der Waals surface area contributed by atoms with E-state index in [1.54, 1.807) is 49.4 Å². The molecule has 0 spiro atoms. The molecule has 3 rings (SSSR count). The van der Waals surface area contributed by atoms with Crippen LogP contribution < -0.4 is 4.72 Å². The minimum absolute atomic E-state index is 0.0146. The second-order valence-corrected chi connectivity index (χ2v) is 7.81. The van der Waals surface area contributed by atoms with Gasteiger partial charge in [0, 0.05) is 22.3 Å². The van der Waals surface area contributed by atoms with Gasteiger partial charge in [0.15, 0.2) is 0 Å². The Morgan fingerprint density at radius 3 is 2.54 bits per heavy atom. The minimum Gasteiger partial charge on any atom is -0.334 e. The molecule has 6 nitrogen and oxygen atoms in total. The number of rotatable bonds is 6. The van der Waals surface area contributed by atoms with Crippen LogP contribution in [0.15, 0.2) is 53.1 Å². The molecule has 1 N–H and O–H groups in total. The van der Waals surface area contributed by atoms with Crippen molar-refractivity contribution >= 4 is 39.5 Å². The summed E-state index contributed by atoms with van der Waals surface area (Å²) in [5.74, 6) is 0.769. The van der Waals surface area contributed by atoms with Gasteiger partial charge < -0.3 is 4.52 Å². The van der Waals surface area contributed by atoms with E-state index in [2.05, 4.69) is 14.9 Å². The molecule has 0 fully saturated rings. The van der Waals surface area contributed by atoms with Crippen LogP contribution in [-0.4, -0.2) is 24.3 Å². The summed E-state index contributed by atoms with van der Waals surface area (Å²) in [5.41, 5.74) is 2.05. The second kappa shape index (κ2) is 7.72. The van der Waals surface area contributed by atoms with E-state index in [0.29, 0.717) is 28.0 Å². The SMILES string of the molecule is CCS(=O)(=O)Nc1ccc(-c2noc(C=Cc3ccccc3Cl)n2)cc1. The molecule has 2 aromatic carbocycles. The third kappa shape index (κ3) is 4.50. The highest BCUT2D eigenvalue weighted by atomic mass is 35.5. The van der Waals surface area contributed by atoms with Crippen LogP contribution in [0, 0.1) is 0 Å². The maximum Gasteiger partial charge on any atom is 0.250 e. The molecule has 0 radical (unpaired) electrons. The van der Waals surface area contributed by atoms with Crippen LogP contribution in [-0.2, 0) is 10.0 Å². The summed E-state index contributed by atoms with van der Waals surface area (Å²) in [7, 11) is -3.30. The molecule has 0 unspecified atom stereocenters. The van der Waals surface area contributed by atoms with E-state index < -0.39 is 10.0 Å². The van der Waals surface area contributed by atoms with E-state index in [1.807, 2.05) is 18.2 Å². The molecule has 0 amide bonds. The van der Waals surface area contributed by atoms with Crippen LogP contribution in [0.25, 0.3) is 23.5 Å². The van der Waals surface area contributed by atoms with Crippen molar-refractivity contribution in [1.82, 2.24) is 10.1 Å². The summed E-state index contributed by atoms with van der Waals surface area (Å²) < 4.78 is 30.8. The fraction of sp³-hybridized carbons (Fsp3) is 0.111. The molecule has 0 saturated heterocycles. The van der Waals surface area contributed by atoms with E-state index in [-0.39, 0.29) is 5.75 Å². The van der Waals surface area contributed by atoms with Crippen LogP contribution in [0.2, 0.25) is 5.02 Å². The first-order valence-corrected chi connectivity index (χ1v) is 9.87. The van der Waals surface area contributed by atoms with Crippen molar-refractivity contribution in [3.05, 3.63) is 65.0 Å². The fourth-order valence-corrected chi connectivity index (χ4v) is 2.97. The van der Waals surface area contributed by atoms with Crippen LogP contribution in [0.1, 0.15) is 18.4 Å². The number of sulfonamides is 1. The lowest BCUT2D eigenvalue weighted by Gasteiger charge is -2.05. The van der Waals surface area contributed by atoms with Crippen molar-refractivity contribution < 1.29 is 12.9 Å². The topological polar surface area (TPSA) is 85.1 Å². The van der Waals surface area contributed by atoms with Gasteiger partial charge in [0.25, 0.3) is 5.89 Å². The maximum atomic E-state index is 11.6. The predicted octanol–water partition coefficient (Wildman–Crippen LogP) is 4.32. The Labute approximate surface area is 156 Å². The van der Waals surface area contributed by atoms with E-state index >= 15 is 0 Å². The first-order valence-electron chi connectivity index (χ1n) is 7.84. The third-order valence-corrected chi connectivity index (χ3v) is 5.20. The molecule has 0 aliphatic rings. The first-order chi connectivity index (χ1) is 12.5. The number of hydrogen-bond acceptors (Lipinski definition) is 5. The van der Waals surface area contributed by atoms with Crippen LogP contribution in [0.5, 0.6) is 0 Å². The lowest BCUT2D eigenvalue weighted by molar-refractivity contribution is 0.411. The minimum atomic E-state index is -3.30. The van der Waals surface area contributed by atoms with Crippen molar-refractivity contribution in [2.75, 3.05) is 10.5 Å². The van der Waals surface area contributed by atoms with Crippen molar-refractivity contribution in [2.45, 2.75) is 6.92 Å². The number of benzene rings is 2. The van der Waals surface area contributed by atoms with Gasteiger partial charge >= 0.3 is 0 Å². The zero-order chi connectivity index (χ0) is 18.6. The van der Waals surface area contributed by atoms with Gasteiger partial charge in [-0.15, -0.1) is 0 Å². The summed E-state index contributed by atoms with van der Waals surface area (Å²) in [6.07, 6.45) is 3.48. The molecule has 0 atom stereocenters. The van der Waals surface area contributed by atoms with Gasteiger partial charge in [-0.25, -0.2) is 8.42 Å². The number of nitrogens with zero attached hydrogens (tertiary/aromatic N) is 2. The number of nitrogens with one attached hydrogen (secondary N) is 1. The highest BCUT2D eigenvalue weighted by molar-refractivity contribution is 7.92. The zero-order valence-electron chi connectivity index (χ0n) is 13.9. The highest BCUT2D eigenvalue weighted by Crippen LogP contribution is 2.21. The summed E-state index contributed by atoms with van der Waals surface area (Å²) in [5, 5.41) is 4.57. The largest absolute Gasteiger partial charge is 0.334 e. The Hall–Kier alpha value is -2.64. The lowest BCUT2D eigenvalue weighted by Crippen LogP contribution is -2.14. The fourth-order valence-electron chi connectivity index (χ4n) is 2.13. The number of halogens is 1. The normalized spacial score (nSPS) is 11.8. The molecular weight excluding hydrogens is 374 g/mol. The molecule has 0 bridgehead atoms. The third-order valence-electron chi connectivity index (χ3n) is 3.55. The van der Waals surface area contributed by atoms with E-state index in [9.17, 15) is 8.42 Å². The van der Waals surface area contributed by atoms with E-state index in [0.717, 1.165) is 5.56 Å². The van der Waals surface area contributed by atoms with Gasteiger partial charge in [-0.3, -0.25) is 4.72 Å². The summed E-state index contributed by atoms with van der Waals surface area (Å²) in [4.78, 5) is 4.30. The smallest absolute Gasteiger partial charge is 0.250 e. The summed E-state index contributed by atoms with van der Waals surface area (Å²) >= 11 is 6.10. The molecule has 1 aromatic heterocycles. The van der Waals surface area contributed by atoms with Crippen molar-refractivity contribution in [3.63, 3.8) is 0 Å². The Bertz CT molecular complexity index is 1030. The van der Waals surface area contributed by atoms with Crippen molar-refractivity contribution in [1.29, 1.82) is 0 Å². The average Bonchev–Trinajstić information content (AvgIpc) is 3.10. The molecule has 134 valence electrons. The second-order valence-electron chi connectivity index (χ2n) is 5.39. The Morgan fingerprint density at radius 2 is 1.85 bits per heavy atom. The molecule has 0 aliphatic carbocycles. The van der Waals surface area contributed by atoms with E-state index in [1.165, 1.54) is 0 Å². The number of aromatic nitrogens is 2. The van der Waals surface area contributed by atoms with Gasteiger partial charge in [-0.1, -0.05) is 35.0 Å². The molecule has 3 aromatic rings. The van der Waals surface area contributed by atoms with Gasteiger partial charge in [0.2, 0.25) is 15.8 Å². The first kappa shape index (κ1) is 18.2. The van der Waals surface area contributed by atoms with Crippen molar-refractivity contribution in [2.24, 2.45) is 0 Å².